The van der Waals surface area contributed by atoms with E-state index in [1.165, 1.54) is 11.1 Å². The average Bonchev–Trinajstić information content (AvgIpc) is 2.70. The summed E-state index contributed by atoms with van der Waals surface area (Å²) in [5.41, 5.74) is 2.46. The predicted octanol–water partition coefficient (Wildman–Crippen LogP) is 2.64. The standard InChI is InChI=1S/C22H30N2O2/c25-21(17-19-7-3-1-4-8-19)18-23-22(20-9-5-2-6-10-20)11-12-24-13-15-26-16-14-24/h1-10,21-23,25H,11-18H2/t21-,22-/m0/s1. The van der Waals surface area contributed by atoms with Gasteiger partial charge in [-0.2, -0.15) is 0 Å². The molecule has 0 unspecified atom stereocenters. The van der Waals surface area contributed by atoms with E-state index >= 15 is 0 Å². The molecule has 1 heterocycles. The summed E-state index contributed by atoms with van der Waals surface area (Å²) in [5.74, 6) is 0. The van der Waals surface area contributed by atoms with Crippen molar-refractivity contribution in [2.24, 2.45) is 0 Å². The Morgan fingerprint density at radius 1 is 0.962 bits per heavy atom. The van der Waals surface area contributed by atoms with Gasteiger partial charge < -0.3 is 15.2 Å². The molecule has 1 aliphatic rings. The number of rotatable bonds is 9. The van der Waals surface area contributed by atoms with Crippen molar-refractivity contribution in [2.75, 3.05) is 39.4 Å². The molecule has 0 spiro atoms. The van der Waals surface area contributed by atoms with Gasteiger partial charge in [-0.25, -0.2) is 0 Å². The fraction of sp³-hybridized carbons (Fsp3) is 0.455. The Labute approximate surface area is 156 Å². The second-order valence-electron chi connectivity index (χ2n) is 6.96. The minimum atomic E-state index is -0.382. The normalized spacial score (nSPS) is 17.7. The van der Waals surface area contributed by atoms with Gasteiger partial charge >= 0.3 is 0 Å². The summed E-state index contributed by atoms with van der Waals surface area (Å²) >= 11 is 0. The largest absolute Gasteiger partial charge is 0.391 e. The zero-order chi connectivity index (χ0) is 18.0. The highest BCUT2D eigenvalue weighted by Gasteiger charge is 2.16. The summed E-state index contributed by atoms with van der Waals surface area (Å²) in [6, 6.07) is 21.0. The molecule has 1 saturated heterocycles. The third-order valence-electron chi connectivity index (χ3n) is 4.95. The molecule has 1 aliphatic heterocycles. The van der Waals surface area contributed by atoms with Crippen molar-refractivity contribution < 1.29 is 9.84 Å². The molecule has 2 atom stereocenters. The van der Waals surface area contributed by atoms with Gasteiger partial charge in [-0.15, -0.1) is 0 Å². The monoisotopic (exact) mass is 354 g/mol. The summed E-state index contributed by atoms with van der Waals surface area (Å²) in [7, 11) is 0. The first-order valence-electron chi connectivity index (χ1n) is 9.61. The van der Waals surface area contributed by atoms with Crippen LogP contribution in [0, 0.1) is 0 Å². The second-order valence-corrected chi connectivity index (χ2v) is 6.96. The number of aliphatic hydroxyl groups is 1. The summed E-state index contributed by atoms with van der Waals surface area (Å²) < 4.78 is 5.44. The number of nitrogens with one attached hydrogen (secondary N) is 1. The Morgan fingerprint density at radius 3 is 2.31 bits per heavy atom. The van der Waals surface area contributed by atoms with Gasteiger partial charge in [0.2, 0.25) is 0 Å². The van der Waals surface area contributed by atoms with E-state index in [0.29, 0.717) is 13.0 Å². The molecule has 1 fully saturated rings. The van der Waals surface area contributed by atoms with Gasteiger partial charge in [0, 0.05) is 32.2 Å². The van der Waals surface area contributed by atoms with Gasteiger partial charge in [-0.3, -0.25) is 4.90 Å². The van der Waals surface area contributed by atoms with Crippen LogP contribution in [0.2, 0.25) is 0 Å². The number of hydrogen-bond donors (Lipinski definition) is 2. The molecule has 0 saturated carbocycles. The van der Waals surface area contributed by atoms with E-state index in [2.05, 4.69) is 46.6 Å². The molecule has 140 valence electrons. The molecule has 3 rings (SSSR count). The van der Waals surface area contributed by atoms with Crippen LogP contribution >= 0.6 is 0 Å². The molecule has 0 aromatic heterocycles. The highest BCUT2D eigenvalue weighted by Crippen LogP contribution is 2.18. The summed E-state index contributed by atoms with van der Waals surface area (Å²) in [4.78, 5) is 2.46. The lowest BCUT2D eigenvalue weighted by atomic mass is 10.0. The maximum atomic E-state index is 10.4. The van der Waals surface area contributed by atoms with Crippen LogP contribution < -0.4 is 5.32 Å². The van der Waals surface area contributed by atoms with Crippen LogP contribution in [0.25, 0.3) is 0 Å². The topological polar surface area (TPSA) is 44.7 Å². The molecule has 4 heteroatoms. The average molecular weight is 354 g/mol. The van der Waals surface area contributed by atoms with E-state index in [4.69, 9.17) is 4.74 Å². The van der Waals surface area contributed by atoms with E-state index in [1.54, 1.807) is 0 Å². The summed E-state index contributed by atoms with van der Waals surface area (Å²) in [6.45, 7) is 5.33. The van der Waals surface area contributed by atoms with Crippen molar-refractivity contribution in [1.29, 1.82) is 0 Å². The quantitative estimate of drug-likeness (QED) is 0.727. The molecule has 0 radical (unpaired) electrons. The Kier molecular flexibility index (Phi) is 7.65. The molecular formula is C22H30N2O2. The molecule has 2 N–H and O–H groups in total. The van der Waals surface area contributed by atoms with Crippen LogP contribution in [0.3, 0.4) is 0 Å². The van der Waals surface area contributed by atoms with E-state index < -0.39 is 0 Å². The fourth-order valence-corrected chi connectivity index (χ4v) is 3.45. The molecular weight excluding hydrogens is 324 g/mol. The van der Waals surface area contributed by atoms with Crippen molar-refractivity contribution in [3.05, 3.63) is 71.8 Å². The lowest BCUT2D eigenvalue weighted by Gasteiger charge is -2.29. The van der Waals surface area contributed by atoms with E-state index in [1.807, 2.05) is 24.3 Å². The van der Waals surface area contributed by atoms with Crippen LogP contribution in [-0.2, 0) is 11.2 Å². The lowest BCUT2D eigenvalue weighted by molar-refractivity contribution is 0.0359. The van der Waals surface area contributed by atoms with Crippen molar-refractivity contribution in [3.8, 4) is 0 Å². The number of morpholine rings is 1. The first-order valence-corrected chi connectivity index (χ1v) is 9.61. The first kappa shape index (κ1) is 19.1. The van der Waals surface area contributed by atoms with Gasteiger partial charge in [0.25, 0.3) is 0 Å². The Bertz CT molecular complexity index is 615. The Hall–Kier alpha value is -1.72. The van der Waals surface area contributed by atoms with E-state index in [-0.39, 0.29) is 12.1 Å². The first-order chi connectivity index (χ1) is 12.8. The number of aliphatic hydroxyl groups excluding tert-OH is 1. The van der Waals surface area contributed by atoms with Gasteiger partial charge in [0.1, 0.15) is 0 Å². The van der Waals surface area contributed by atoms with Crippen molar-refractivity contribution >= 4 is 0 Å². The summed E-state index contributed by atoms with van der Waals surface area (Å²) in [5, 5.41) is 14.0. The van der Waals surface area contributed by atoms with Crippen LogP contribution in [0.5, 0.6) is 0 Å². The third kappa shape index (κ3) is 6.22. The van der Waals surface area contributed by atoms with Crippen molar-refractivity contribution in [3.63, 3.8) is 0 Å². The number of benzene rings is 2. The molecule has 0 amide bonds. The molecule has 4 nitrogen and oxygen atoms in total. The van der Waals surface area contributed by atoms with E-state index in [0.717, 1.165) is 39.3 Å². The van der Waals surface area contributed by atoms with Crippen LogP contribution in [-0.4, -0.2) is 55.5 Å². The zero-order valence-corrected chi connectivity index (χ0v) is 15.4. The smallest absolute Gasteiger partial charge is 0.0705 e. The van der Waals surface area contributed by atoms with Gasteiger partial charge in [-0.1, -0.05) is 60.7 Å². The highest BCUT2D eigenvalue weighted by molar-refractivity contribution is 5.19. The highest BCUT2D eigenvalue weighted by atomic mass is 16.5. The minimum absolute atomic E-state index is 0.254. The second kappa shape index (κ2) is 10.4. The Morgan fingerprint density at radius 2 is 1.62 bits per heavy atom. The molecule has 2 aromatic rings. The SMILES string of the molecule is O[C@H](CN[C@@H](CCN1CCOCC1)c1ccccc1)Cc1ccccc1. The molecule has 26 heavy (non-hydrogen) atoms. The van der Waals surface area contributed by atoms with Crippen LogP contribution in [0.1, 0.15) is 23.6 Å². The molecule has 2 aromatic carbocycles. The minimum Gasteiger partial charge on any atom is -0.391 e. The van der Waals surface area contributed by atoms with Gasteiger partial charge in [0.15, 0.2) is 0 Å². The summed E-state index contributed by atoms with van der Waals surface area (Å²) in [6.07, 6.45) is 1.33. The van der Waals surface area contributed by atoms with Crippen LogP contribution in [0.15, 0.2) is 60.7 Å². The zero-order valence-electron chi connectivity index (χ0n) is 15.4. The van der Waals surface area contributed by atoms with Crippen LogP contribution in [0.4, 0.5) is 0 Å². The third-order valence-corrected chi connectivity index (χ3v) is 4.95. The fourth-order valence-electron chi connectivity index (χ4n) is 3.45. The number of nitrogens with zero attached hydrogens (tertiary/aromatic N) is 1. The van der Waals surface area contributed by atoms with E-state index in [9.17, 15) is 5.11 Å². The number of hydrogen-bond acceptors (Lipinski definition) is 4. The maximum absolute atomic E-state index is 10.4. The molecule has 0 aliphatic carbocycles. The Balaban J connectivity index is 1.53. The number of ether oxygens (including phenoxy) is 1. The molecule has 0 bridgehead atoms. The maximum Gasteiger partial charge on any atom is 0.0705 e. The van der Waals surface area contributed by atoms with Gasteiger partial charge in [0.05, 0.1) is 19.3 Å². The predicted molar refractivity (Wildman–Crippen MR) is 105 cm³/mol. The lowest BCUT2D eigenvalue weighted by Crippen LogP contribution is -2.39. The van der Waals surface area contributed by atoms with Gasteiger partial charge in [-0.05, 0) is 24.0 Å². The van der Waals surface area contributed by atoms with Crippen molar-refractivity contribution in [1.82, 2.24) is 10.2 Å². The van der Waals surface area contributed by atoms with Crippen molar-refractivity contribution in [2.45, 2.75) is 25.0 Å².